The lowest BCUT2D eigenvalue weighted by Gasteiger charge is -2.04. The number of aryl methyl sites for hydroxylation is 2. The highest BCUT2D eigenvalue weighted by Crippen LogP contribution is 2.19. The van der Waals surface area contributed by atoms with Crippen molar-refractivity contribution in [2.45, 2.75) is 58.8 Å². The highest BCUT2D eigenvalue weighted by atomic mass is 16.4. The lowest BCUT2D eigenvalue weighted by Crippen LogP contribution is -2.14. The number of rotatable bonds is 10. The van der Waals surface area contributed by atoms with Crippen LogP contribution in [0.5, 0.6) is 11.5 Å². The van der Waals surface area contributed by atoms with Gasteiger partial charge in [-0.1, -0.05) is 19.3 Å². The summed E-state index contributed by atoms with van der Waals surface area (Å²) in [5, 5.41) is 19.5. The van der Waals surface area contributed by atoms with Crippen LogP contribution < -0.4 is 11.3 Å². The molecule has 0 unspecified atom stereocenters. The molecule has 0 saturated heterocycles. The third-order valence-corrected chi connectivity index (χ3v) is 4.47. The van der Waals surface area contributed by atoms with Crippen molar-refractivity contribution in [3.8, 4) is 11.5 Å². The Morgan fingerprint density at radius 3 is 1.41 bits per heavy atom. The fourth-order valence-electron chi connectivity index (χ4n) is 3.06. The number of ketones is 2. The third-order valence-electron chi connectivity index (χ3n) is 4.47. The first-order valence-corrected chi connectivity index (χ1v) is 9.44. The van der Waals surface area contributed by atoms with Crippen molar-refractivity contribution in [1.29, 1.82) is 0 Å². The molecule has 2 aromatic heterocycles. The normalized spacial score (nSPS) is 10.8. The van der Waals surface area contributed by atoms with E-state index in [2.05, 4.69) is 0 Å². The van der Waals surface area contributed by atoms with Crippen LogP contribution in [0.1, 0.15) is 77.2 Å². The van der Waals surface area contributed by atoms with E-state index in [0.29, 0.717) is 25.7 Å². The van der Waals surface area contributed by atoms with Gasteiger partial charge in [0.05, 0.1) is 0 Å². The number of aromatic hydroxyl groups is 2. The largest absolute Gasteiger partial charge is 0.507 e. The number of carbonyl (C=O) groups excluding carboxylic acids is 2. The molecular formula is C21H24O8. The Morgan fingerprint density at radius 1 is 0.724 bits per heavy atom. The van der Waals surface area contributed by atoms with Crippen LogP contribution >= 0.6 is 0 Å². The smallest absolute Gasteiger partial charge is 0.350 e. The van der Waals surface area contributed by atoms with E-state index < -0.39 is 22.8 Å². The van der Waals surface area contributed by atoms with E-state index in [1.54, 1.807) is 0 Å². The number of hydrogen-bond acceptors (Lipinski definition) is 8. The number of carbonyl (C=O) groups is 2. The summed E-state index contributed by atoms with van der Waals surface area (Å²) in [4.78, 5) is 47.6. The van der Waals surface area contributed by atoms with Crippen LogP contribution in [-0.4, -0.2) is 21.8 Å². The highest BCUT2D eigenvalue weighted by Gasteiger charge is 2.19. The molecule has 0 aliphatic rings. The standard InChI is InChI=1S/C21H24O8/c1-12-10-16(24)18(20(26)28-12)14(22)8-6-4-3-5-7-9-15(23)19-17(25)11-13(2)29-21(19)27/h10-11,24-25H,3-9H2,1-2H3. The first kappa shape index (κ1) is 22.1. The fourth-order valence-corrected chi connectivity index (χ4v) is 3.06. The topological polar surface area (TPSA) is 135 Å². The molecule has 2 aromatic rings. The van der Waals surface area contributed by atoms with Crippen molar-refractivity contribution in [3.63, 3.8) is 0 Å². The van der Waals surface area contributed by atoms with E-state index in [-0.39, 0.29) is 47.0 Å². The zero-order valence-electron chi connectivity index (χ0n) is 16.4. The van der Waals surface area contributed by atoms with Gasteiger partial charge in [0.2, 0.25) is 0 Å². The Hall–Kier alpha value is -3.16. The molecule has 0 amide bonds. The number of unbranched alkanes of at least 4 members (excludes halogenated alkanes) is 4. The Morgan fingerprint density at radius 2 is 1.07 bits per heavy atom. The lowest BCUT2D eigenvalue weighted by atomic mass is 10.0. The molecular weight excluding hydrogens is 380 g/mol. The van der Waals surface area contributed by atoms with Crippen molar-refractivity contribution in [2.75, 3.05) is 0 Å². The molecule has 0 aliphatic carbocycles. The van der Waals surface area contributed by atoms with Crippen LogP contribution in [0.4, 0.5) is 0 Å². The van der Waals surface area contributed by atoms with Gasteiger partial charge in [-0.05, 0) is 26.7 Å². The Balaban J connectivity index is 1.72. The molecule has 8 nitrogen and oxygen atoms in total. The Labute approximate surface area is 166 Å². The highest BCUT2D eigenvalue weighted by molar-refractivity contribution is 5.98. The van der Waals surface area contributed by atoms with Crippen molar-refractivity contribution in [2.24, 2.45) is 0 Å². The molecule has 2 rings (SSSR count). The predicted octanol–water partition coefficient (Wildman–Crippen LogP) is 3.42. The van der Waals surface area contributed by atoms with E-state index >= 15 is 0 Å². The van der Waals surface area contributed by atoms with Gasteiger partial charge in [-0.15, -0.1) is 0 Å². The number of Topliss-reactive ketones (excluding diaryl/α,β-unsaturated/α-hetero) is 2. The molecule has 8 heteroatoms. The molecule has 0 radical (unpaired) electrons. The van der Waals surface area contributed by atoms with Crippen LogP contribution in [0.25, 0.3) is 0 Å². The van der Waals surface area contributed by atoms with Crippen LogP contribution in [0.2, 0.25) is 0 Å². The van der Waals surface area contributed by atoms with Gasteiger partial charge in [-0.25, -0.2) is 9.59 Å². The summed E-state index contributed by atoms with van der Waals surface area (Å²) in [6.07, 6.45) is 3.44. The molecule has 156 valence electrons. The van der Waals surface area contributed by atoms with Gasteiger partial charge in [0.15, 0.2) is 11.6 Å². The van der Waals surface area contributed by atoms with E-state index in [1.165, 1.54) is 26.0 Å². The van der Waals surface area contributed by atoms with E-state index in [4.69, 9.17) is 8.83 Å². The third kappa shape index (κ3) is 5.91. The molecule has 0 saturated carbocycles. The molecule has 2 N–H and O–H groups in total. The quantitative estimate of drug-likeness (QED) is 0.454. The second-order valence-electron chi connectivity index (χ2n) is 6.92. The van der Waals surface area contributed by atoms with Crippen molar-refractivity contribution < 1.29 is 28.6 Å². The summed E-state index contributed by atoms with van der Waals surface area (Å²) in [5.74, 6) is -1.20. The summed E-state index contributed by atoms with van der Waals surface area (Å²) in [6, 6.07) is 2.47. The van der Waals surface area contributed by atoms with E-state index in [0.717, 1.165) is 6.42 Å². The first-order valence-electron chi connectivity index (χ1n) is 9.44. The Kier molecular flexibility index (Phi) is 7.52. The molecule has 2 heterocycles. The molecule has 0 atom stereocenters. The molecule has 0 bridgehead atoms. The monoisotopic (exact) mass is 404 g/mol. The minimum Gasteiger partial charge on any atom is -0.507 e. The summed E-state index contributed by atoms with van der Waals surface area (Å²) in [6.45, 7) is 3.01. The molecule has 0 aliphatic heterocycles. The van der Waals surface area contributed by atoms with Crippen LogP contribution in [0.3, 0.4) is 0 Å². The van der Waals surface area contributed by atoms with Crippen LogP contribution in [0, 0.1) is 13.8 Å². The summed E-state index contributed by atoms with van der Waals surface area (Å²) in [5.41, 5.74) is -2.32. The zero-order chi connectivity index (χ0) is 21.6. The molecule has 0 spiro atoms. The van der Waals surface area contributed by atoms with Gasteiger partial charge >= 0.3 is 11.3 Å². The second-order valence-corrected chi connectivity index (χ2v) is 6.92. The van der Waals surface area contributed by atoms with E-state index in [9.17, 15) is 29.4 Å². The van der Waals surface area contributed by atoms with Gasteiger partial charge in [-0.3, -0.25) is 9.59 Å². The minimum absolute atomic E-state index is 0.110. The maximum atomic E-state index is 12.1. The maximum absolute atomic E-state index is 12.1. The molecule has 29 heavy (non-hydrogen) atoms. The van der Waals surface area contributed by atoms with Crippen molar-refractivity contribution in [3.05, 3.63) is 55.6 Å². The minimum atomic E-state index is -0.838. The van der Waals surface area contributed by atoms with Crippen LogP contribution in [0.15, 0.2) is 30.6 Å². The average Bonchev–Trinajstić information content (AvgIpc) is 2.59. The van der Waals surface area contributed by atoms with E-state index in [1.807, 2.05) is 0 Å². The maximum Gasteiger partial charge on any atom is 0.350 e. The first-order chi connectivity index (χ1) is 13.7. The lowest BCUT2D eigenvalue weighted by molar-refractivity contribution is 0.0965. The van der Waals surface area contributed by atoms with Crippen molar-refractivity contribution in [1.82, 2.24) is 0 Å². The molecule has 0 fully saturated rings. The zero-order valence-corrected chi connectivity index (χ0v) is 16.4. The predicted molar refractivity (Wildman–Crippen MR) is 104 cm³/mol. The second kappa shape index (κ2) is 9.86. The SMILES string of the molecule is Cc1cc(O)c(C(=O)CCCCCCCC(=O)c2c(O)cc(C)oc2=O)c(=O)o1. The molecule has 0 aromatic carbocycles. The van der Waals surface area contributed by atoms with Gasteiger partial charge in [0, 0.05) is 25.0 Å². The van der Waals surface area contributed by atoms with Gasteiger partial charge in [0.1, 0.15) is 34.1 Å². The van der Waals surface area contributed by atoms with Crippen molar-refractivity contribution >= 4 is 11.6 Å². The number of hydrogen-bond donors (Lipinski definition) is 2. The van der Waals surface area contributed by atoms with Gasteiger partial charge in [-0.2, -0.15) is 0 Å². The van der Waals surface area contributed by atoms with Gasteiger partial charge < -0.3 is 19.0 Å². The average molecular weight is 404 g/mol. The fraction of sp³-hybridized carbons (Fsp3) is 0.429. The van der Waals surface area contributed by atoms with Crippen LogP contribution in [-0.2, 0) is 0 Å². The summed E-state index contributed by atoms with van der Waals surface area (Å²) >= 11 is 0. The summed E-state index contributed by atoms with van der Waals surface area (Å²) < 4.78 is 9.67. The summed E-state index contributed by atoms with van der Waals surface area (Å²) in [7, 11) is 0. The Bertz CT molecular complexity index is 931. The van der Waals surface area contributed by atoms with Gasteiger partial charge in [0.25, 0.3) is 0 Å².